The summed E-state index contributed by atoms with van der Waals surface area (Å²) in [7, 11) is -3.53. The molecule has 0 aliphatic rings. The summed E-state index contributed by atoms with van der Waals surface area (Å²) in [6.07, 6.45) is -3.00. The van der Waals surface area contributed by atoms with Crippen molar-refractivity contribution in [2.24, 2.45) is 5.41 Å². The number of hydrogen-bond acceptors (Lipinski definition) is 5. The van der Waals surface area contributed by atoms with Gasteiger partial charge >= 0.3 is 6.36 Å². The van der Waals surface area contributed by atoms with E-state index in [-0.39, 0.29) is 16.9 Å². The molecule has 152 valence electrons. The molecule has 0 amide bonds. The zero-order valence-electron chi connectivity index (χ0n) is 16.0. The molecule has 0 aromatic carbocycles. The maximum atomic E-state index is 12.4. The molecule has 0 aliphatic carbocycles. The molecule has 10 heteroatoms. The lowest BCUT2D eigenvalue weighted by atomic mass is 9.92. The summed E-state index contributed by atoms with van der Waals surface area (Å²) < 4.78 is 67.0. The SMILES string of the molecule is CC(C)S(=O)(=O)c1cnc2c(c1)nc(CC(C)(C)C)n2CCOC(F)(F)F. The highest BCUT2D eigenvalue weighted by atomic mass is 32.2. The van der Waals surface area contributed by atoms with Crippen LogP contribution in [0.15, 0.2) is 17.2 Å². The fourth-order valence-electron chi connectivity index (χ4n) is 2.56. The Bertz CT molecular complexity index is 913. The van der Waals surface area contributed by atoms with Crippen LogP contribution in [0.2, 0.25) is 0 Å². The van der Waals surface area contributed by atoms with Crippen LogP contribution in [0.5, 0.6) is 0 Å². The van der Waals surface area contributed by atoms with E-state index >= 15 is 0 Å². The molecule has 0 fully saturated rings. The Morgan fingerprint density at radius 3 is 2.37 bits per heavy atom. The molecular weight excluding hydrogens is 383 g/mol. The number of fused-ring (bicyclic) bond motifs is 1. The second-order valence-corrected chi connectivity index (χ2v) is 10.3. The van der Waals surface area contributed by atoms with Crippen LogP contribution < -0.4 is 0 Å². The Kier molecular flexibility index (Phi) is 5.91. The van der Waals surface area contributed by atoms with Gasteiger partial charge < -0.3 is 4.57 Å². The van der Waals surface area contributed by atoms with Crippen molar-refractivity contribution < 1.29 is 26.3 Å². The van der Waals surface area contributed by atoms with Gasteiger partial charge in [-0.25, -0.2) is 18.4 Å². The third-order valence-corrected chi connectivity index (χ3v) is 5.98. The van der Waals surface area contributed by atoms with Gasteiger partial charge in [0.05, 0.1) is 16.8 Å². The lowest BCUT2D eigenvalue weighted by molar-refractivity contribution is -0.325. The van der Waals surface area contributed by atoms with Crippen LogP contribution in [-0.4, -0.2) is 41.2 Å². The summed E-state index contributed by atoms with van der Waals surface area (Å²) in [5.41, 5.74) is 0.502. The Labute approximate surface area is 156 Å². The van der Waals surface area contributed by atoms with Crippen molar-refractivity contribution in [1.29, 1.82) is 0 Å². The van der Waals surface area contributed by atoms with Crippen molar-refractivity contribution in [2.45, 2.75) is 64.1 Å². The number of alkyl halides is 3. The number of ether oxygens (including phenoxy) is 1. The Hall–Kier alpha value is -1.68. The van der Waals surface area contributed by atoms with Gasteiger partial charge in [-0.15, -0.1) is 13.2 Å². The van der Waals surface area contributed by atoms with Crippen molar-refractivity contribution in [1.82, 2.24) is 14.5 Å². The molecule has 6 nitrogen and oxygen atoms in total. The van der Waals surface area contributed by atoms with Crippen LogP contribution in [0.1, 0.15) is 40.4 Å². The fraction of sp³-hybridized carbons (Fsp3) is 0.647. The van der Waals surface area contributed by atoms with E-state index in [1.165, 1.54) is 12.3 Å². The van der Waals surface area contributed by atoms with E-state index in [0.717, 1.165) is 0 Å². The van der Waals surface area contributed by atoms with Crippen molar-refractivity contribution in [3.8, 4) is 0 Å². The molecule has 0 N–H and O–H groups in total. The molecule has 0 saturated carbocycles. The van der Waals surface area contributed by atoms with Crippen LogP contribution in [-0.2, 0) is 27.5 Å². The molecule has 2 rings (SSSR count). The van der Waals surface area contributed by atoms with Crippen molar-refractivity contribution in [3.05, 3.63) is 18.1 Å². The van der Waals surface area contributed by atoms with Gasteiger partial charge in [0, 0.05) is 19.2 Å². The van der Waals surface area contributed by atoms with Gasteiger partial charge in [-0.2, -0.15) is 0 Å². The van der Waals surface area contributed by atoms with E-state index in [1.54, 1.807) is 18.4 Å². The smallest absolute Gasteiger partial charge is 0.310 e. The van der Waals surface area contributed by atoms with Gasteiger partial charge in [-0.1, -0.05) is 20.8 Å². The average molecular weight is 407 g/mol. The predicted molar refractivity (Wildman–Crippen MR) is 95.0 cm³/mol. The summed E-state index contributed by atoms with van der Waals surface area (Å²) in [4.78, 5) is 8.67. The standard InChI is InChI=1S/C17H24F3N3O3S/c1-11(2)27(24,25)12-8-13-15(21-10-12)23(6-7-26-17(18,19)20)14(22-13)9-16(3,4)5/h8,10-11H,6-7,9H2,1-5H3. The lowest BCUT2D eigenvalue weighted by Crippen LogP contribution is -2.20. The second kappa shape index (κ2) is 7.38. The largest absolute Gasteiger partial charge is 0.522 e. The summed E-state index contributed by atoms with van der Waals surface area (Å²) in [5, 5.41) is -0.618. The topological polar surface area (TPSA) is 74.1 Å². The third-order valence-electron chi connectivity index (χ3n) is 3.86. The van der Waals surface area contributed by atoms with Gasteiger partial charge in [-0.05, 0) is 25.3 Å². The van der Waals surface area contributed by atoms with E-state index in [2.05, 4.69) is 14.7 Å². The van der Waals surface area contributed by atoms with E-state index < -0.39 is 28.1 Å². The average Bonchev–Trinajstić information content (AvgIpc) is 2.80. The van der Waals surface area contributed by atoms with Crippen molar-refractivity contribution in [3.63, 3.8) is 0 Å². The number of rotatable bonds is 6. The summed E-state index contributed by atoms with van der Waals surface area (Å²) in [6.45, 7) is 8.39. The van der Waals surface area contributed by atoms with E-state index in [0.29, 0.717) is 23.4 Å². The van der Waals surface area contributed by atoms with E-state index in [9.17, 15) is 21.6 Å². The van der Waals surface area contributed by atoms with Gasteiger partial charge in [0.15, 0.2) is 15.5 Å². The van der Waals surface area contributed by atoms with E-state index in [1.807, 2.05) is 20.8 Å². The Morgan fingerprint density at radius 2 is 1.85 bits per heavy atom. The molecular formula is C17H24F3N3O3S. The number of hydrogen-bond donors (Lipinski definition) is 0. The van der Waals surface area contributed by atoms with Gasteiger partial charge in [0.1, 0.15) is 11.3 Å². The number of sulfone groups is 1. The van der Waals surface area contributed by atoms with Crippen LogP contribution in [0.4, 0.5) is 13.2 Å². The zero-order chi connectivity index (χ0) is 20.6. The highest BCUT2D eigenvalue weighted by Gasteiger charge is 2.29. The maximum Gasteiger partial charge on any atom is 0.522 e. The third kappa shape index (κ3) is 5.41. The highest BCUT2D eigenvalue weighted by Crippen LogP contribution is 2.26. The first kappa shape index (κ1) is 21.6. The van der Waals surface area contributed by atoms with Crippen LogP contribution in [0, 0.1) is 5.41 Å². The zero-order valence-corrected chi connectivity index (χ0v) is 16.8. The van der Waals surface area contributed by atoms with Crippen molar-refractivity contribution >= 4 is 21.0 Å². The van der Waals surface area contributed by atoms with Crippen LogP contribution in [0.25, 0.3) is 11.2 Å². The first-order valence-electron chi connectivity index (χ1n) is 8.50. The highest BCUT2D eigenvalue weighted by molar-refractivity contribution is 7.92. The van der Waals surface area contributed by atoms with Gasteiger partial charge in [0.25, 0.3) is 0 Å². The molecule has 2 aromatic heterocycles. The fourth-order valence-corrected chi connectivity index (χ4v) is 3.58. The normalized spacial score (nSPS) is 13.7. The molecule has 2 heterocycles. The van der Waals surface area contributed by atoms with Gasteiger partial charge in [0.2, 0.25) is 0 Å². The first-order chi connectivity index (χ1) is 12.2. The maximum absolute atomic E-state index is 12.4. The number of aromatic nitrogens is 3. The Morgan fingerprint density at radius 1 is 1.22 bits per heavy atom. The number of imidazole rings is 1. The second-order valence-electron chi connectivity index (χ2n) is 7.82. The minimum atomic E-state index is -4.72. The lowest BCUT2D eigenvalue weighted by Gasteiger charge is -2.18. The molecule has 0 spiro atoms. The molecule has 0 unspecified atom stereocenters. The molecule has 2 aromatic rings. The molecule has 0 aliphatic heterocycles. The minimum Gasteiger partial charge on any atom is -0.310 e. The summed E-state index contributed by atoms with van der Waals surface area (Å²) in [6, 6.07) is 1.42. The Balaban J connectivity index is 2.48. The number of nitrogens with zero attached hydrogens (tertiary/aromatic N) is 3. The number of halogens is 3. The quantitative estimate of drug-likeness (QED) is 0.729. The predicted octanol–water partition coefficient (Wildman–Crippen LogP) is 3.74. The molecule has 0 saturated heterocycles. The van der Waals surface area contributed by atoms with Crippen molar-refractivity contribution in [2.75, 3.05) is 6.61 Å². The molecule has 0 radical (unpaired) electrons. The monoisotopic (exact) mass is 407 g/mol. The van der Waals surface area contributed by atoms with E-state index in [4.69, 9.17) is 0 Å². The van der Waals surface area contributed by atoms with Gasteiger partial charge in [-0.3, -0.25) is 4.74 Å². The summed E-state index contributed by atoms with van der Waals surface area (Å²) >= 11 is 0. The first-order valence-corrected chi connectivity index (χ1v) is 10.0. The van der Waals surface area contributed by atoms with Crippen LogP contribution >= 0.6 is 0 Å². The molecule has 27 heavy (non-hydrogen) atoms. The molecule has 0 bridgehead atoms. The summed E-state index contributed by atoms with van der Waals surface area (Å²) in [5.74, 6) is 0.537. The minimum absolute atomic E-state index is 0.0449. The number of pyridine rings is 1. The molecule has 0 atom stereocenters. The van der Waals surface area contributed by atoms with Crippen LogP contribution in [0.3, 0.4) is 0 Å².